The average molecular weight is 202 g/mol. The van der Waals surface area contributed by atoms with Crippen LogP contribution in [0.4, 0.5) is 4.39 Å². The molecule has 0 saturated heterocycles. The molecule has 2 aromatic rings. The monoisotopic (exact) mass is 202 g/mol. The Balaban J connectivity index is 2.60. The molecule has 0 radical (unpaired) electrons. The average Bonchev–Trinajstić information content (AvgIpc) is 2.20. The van der Waals surface area contributed by atoms with Gasteiger partial charge in [0.2, 0.25) is 11.9 Å². The molecule has 0 unspecified atom stereocenters. The molecule has 0 spiro atoms. The van der Waals surface area contributed by atoms with Gasteiger partial charge >= 0.3 is 0 Å². The van der Waals surface area contributed by atoms with Crippen molar-refractivity contribution in [3.63, 3.8) is 0 Å². The summed E-state index contributed by atoms with van der Waals surface area (Å²) in [6, 6.07) is 11.4. The van der Waals surface area contributed by atoms with Crippen molar-refractivity contribution in [2.24, 2.45) is 7.05 Å². The normalized spacial score (nSPS) is 10.3. The lowest BCUT2D eigenvalue weighted by molar-refractivity contribution is -0.661. The summed E-state index contributed by atoms with van der Waals surface area (Å²) in [6.07, 6.45) is 1.49. The van der Waals surface area contributed by atoms with Crippen molar-refractivity contribution in [2.45, 2.75) is 6.92 Å². The van der Waals surface area contributed by atoms with Gasteiger partial charge in [-0.1, -0.05) is 18.2 Å². The lowest BCUT2D eigenvalue weighted by Crippen LogP contribution is -2.31. The first-order valence-corrected chi connectivity index (χ1v) is 4.89. The Morgan fingerprint density at radius 2 is 1.80 bits per heavy atom. The van der Waals surface area contributed by atoms with Gasteiger partial charge in [0.25, 0.3) is 0 Å². The van der Waals surface area contributed by atoms with Crippen molar-refractivity contribution in [1.29, 1.82) is 0 Å². The van der Waals surface area contributed by atoms with Crippen molar-refractivity contribution in [1.82, 2.24) is 0 Å². The fourth-order valence-electron chi connectivity index (χ4n) is 1.71. The molecule has 2 rings (SSSR count). The number of pyridine rings is 1. The molecule has 76 valence electrons. The largest absolute Gasteiger partial charge is 0.212 e. The molecule has 0 bridgehead atoms. The molecular formula is C13H13FN+. The van der Waals surface area contributed by atoms with Gasteiger partial charge in [-0.05, 0) is 24.6 Å². The Bertz CT molecular complexity index is 492. The van der Waals surface area contributed by atoms with Crippen molar-refractivity contribution in [3.05, 3.63) is 54.0 Å². The highest BCUT2D eigenvalue weighted by molar-refractivity contribution is 5.60. The predicted octanol–water partition coefficient (Wildman–Crippen LogP) is 2.63. The van der Waals surface area contributed by atoms with E-state index in [1.54, 1.807) is 10.6 Å². The molecule has 0 atom stereocenters. The van der Waals surface area contributed by atoms with Crippen LogP contribution in [0.5, 0.6) is 0 Å². The number of hydrogen-bond acceptors (Lipinski definition) is 0. The third-order valence-electron chi connectivity index (χ3n) is 2.52. The van der Waals surface area contributed by atoms with Gasteiger partial charge in [-0.3, -0.25) is 0 Å². The van der Waals surface area contributed by atoms with E-state index in [0.717, 1.165) is 11.3 Å². The number of benzene rings is 1. The highest BCUT2D eigenvalue weighted by Crippen LogP contribution is 2.19. The van der Waals surface area contributed by atoms with Crippen LogP contribution in [0.15, 0.2) is 42.6 Å². The molecule has 15 heavy (non-hydrogen) atoms. The van der Waals surface area contributed by atoms with Gasteiger partial charge in [-0.15, -0.1) is 0 Å². The SMILES string of the molecule is Cc1ccccc1-c1ccc(F)c[n+]1C. The summed E-state index contributed by atoms with van der Waals surface area (Å²) in [6.45, 7) is 2.05. The molecule has 0 aliphatic carbocycles. The third kappa shape index (κ3) is 1.89. The molecule has 1 aromatic carbocycles. The number of hydrogen-bond donors (Lipinski definition) is 0. The van der Waals surface area contributed by atoms with Crippen molar-refractivity contribution in [3.8, 4) is 11.3 Å². The first kappa shape index (κ1) is 9.84. The van der Waals surface area contributed by atoms with Crippen LogP contribution in [0.2, 0.25) is 0 Å². The summed E-state index contributed by atoms with van der Waals surface area (Å²) in [7, 11) is 1.85. The molecule has 0 amide bonds. The van der Waals surface area contributed by atoms with Gasteiger partial charge in [0, 0.05) is 11.6 Å². The van der Waals surface area contributed by atoms with E-state index in [0.29, 0.717) is 0 Å². The maximum absolute atomic E-state index is 12.9. The molecule has 0 aliphatic heterocycles. The molecular weight excluding hydrogens is 189 g/mol. The Labute approximate surface area is 88.8 Å². The van der Waals surface area contributed by atoms with Crippen LogP contribution in [0.3, 0.4) is 0 Å². The zero-order valence-corrected chi connectivity index (χ0v) is 8.87. The van der Waals surface area contributed by atoms with Crippen LogP contribution < -0.4 is 4.57 Å². The Morgan fingerprint density at radius 3 is 2.47 bits per heavy atom. The highest BCUT2D eigenvalue weighted by Gasteiger charge is 2.11. The van der Waals surface area contributed by atoms with E-state index in [9.17, 15) is 4.39 Å². The van der Waals surface area contributed by atoms with Crippen LogP contribution >= 0.6 is 0 Å². The zero-order chi connectivity index (χ0) is 10.8. The maximum Gasteiger partial charge on any atom is 0.212 e. The van der Waals surface area contributed by atoms with E-state index in [1.807, 2.05) is 25.2 Å². The van der Waals surface area contributed by atoms with Crippen molar-refractivity contribution >= 4 is 0 Å². The minimum absolute atomic E-state index is 0.213. The molecule has 0 saturated carbocycles. The Hall–Kier alpha value is -1.70. The van der Waals surface area contributed by atoms with Crippen LogP contribution in [0, 0.1) is 12.7 Å². The predicted molar refractivity (Wildman–Crippen MR) is 57.7 cm³/mol. The van der Waals surface area contributed by atoms with E-state index in [-0.39, 0.29) is 5.82 Å². The van der Waals surface area contributed by atoms with Gasteiger partial charge in [-0.2, -0.15) is 4.57 Å². The number of nitrogens with zero attached hydrogens (tertiary/aromatic N) is 1. The molecule has 0 fully saturated rings. The lowest BCUT2D eigenvalue weighted by atomic mass is 10.1. The fourth-order valence-corrected chi connectivity index (χ4v) is 1.71. The van der Waals surface area contributed by atoms with E-state index < -0.39 is 0 Å². The maximum atomic E-state index is 12.9. The summed E-state index contributed by atoms with van der Waals surface area (Å²) < 4.78 is 14.7. The zero-order valence-electron chi connectivity index (χ0n) is 8.87. The third-order valence-corrected chi connectivity index (χ3v) is 2.52. The first-order valence-electron chi connectivity index (χ1n) is 4.89. The molecule has 1 aromatic heterocycles. The quantitative estimate of drug-likeness (QED) is 0.626. The van der Waals surface area contributed by atoms with Gasteiger partial charge in [0.1, 0.15) is 7.05 Å². The van der Waals surface area contributed by atoms with E-state index >= 15 is 0 Å². The van der Waals surface area contributed by atoms with E-state index in [4.69, 9.17) is 0 Å². The molecule has 0 N–H and O–H groups in total. The minimum Gasteiger partial charge on any atom is -0.200 e. The number of halogens is 1. The number of rotatable bonds is 1. The Kier molecular flexibility index (Phi) is 2.50. The molecule has 1 heterocycles. The smallest absolute Gasteiger partial charge is 0.200 e. The second kappa shape index (κ2) is 3.81. The minimum atomic E-state index is -0.213. The van der Waals surface area contributed by atoms with Crippen molar-refractivity contribution in [2.75, 3.05) is 0 Å². The second-order valence-electron chi connectivity index (χ2n) is 3.66. The highest BCUT2D eigenvalue weighted by atomic mass is 19.1. The van der Waals surface area contributed by atoms with Gasteiger partial charge in [0.05, 0.1) is 0 Å². The Morgan fingerprint density at radius 1 is 1.07 bits per heavy atom. The standard InChI is InChI=1S/C13H13FN/c1-10-5-3-4-6-12(10)13-8-7-11(14)9-15(13)2/h3-9H,1-2H3/q+1. The van der Waals surface area contributed by atoms with Crippen LogP contribution in [-0.2, 0) is 7.05 Å². The van der Waals surface area contributed by atoms with Gasteiger partial charge in [0.15, 0.2) is 5.82 Å². The molecule has 0 aliphatic rings. The fraction of sp³-hybridized carbons (Fsp3) is 0.154. The topological polar surface area (TPSA) is 3.88 Å². The summed E-state index contributed by atoms with van der Waals surface area (Å²) >= 11 is 0. The summed E-state index contributed by atoms with van der Waals surface area (Å²) in [5, 5.41) is 0. The first-order chi connectivity index (χ1) is 7.18. The van der Waals surface area contributed by atoms with Crippen molar-refractivity contribution < 1.29 is 8.96 Å². The van der Waals surface area contributed by atoms with Crippen LogP contribution in [-0.4, -0.2) is 0 Å². The van der Waals surface area contributed by atoms with E-state index in [2.05, 4.69) is 13.0 Å². The summed E-state index contributed by atoms with van der Waals surface area (Å²) in [5.74, 6) is -0.213. The summed E-state index contributed by atoms with van der Waals surface area (Å²) in [4.78, 5) is 0. The van der Waals surface area contributed by atoms with E-state index in [1.165, 1.54) is 17.8 Å². The molecule has 1 nitrogen and oxygen atoms in total. The summed E-state index contributed by atoms with van der Waals surface area (Å²) in [5.41, 5.74) is 3.36. The lowest BCUT2D eigenvalue weighted by Gasteiger charge is -2.03. The van der Waals surface area contributed by atoms with Crippen LogP contribution in [0.1, 0.15) is 5.56 Å². The van der Waals surface area contributed by atoms with Gasteiger partial charge in [-0.25, -0.2) is 4.39 Å². The van der Waals surface area contributed by atoms with Gasteiger partial charge < -0.3 is 0 Å². The number of aromatic nitrogens is 1. The second-order valence-corrected chi connectivity index (χ2v) is 3.66. The molecule has 2 heteroatoms. The number of aryl methyl sites for hydroxylation is 2. The van der Waals surface area contributed by atoms with Crippen LogP contribution in [0.25, 0.3) is 11.3 Å².